The summed E-state index contributed by atoms with van der Waals surface area (Å²) < 4.78 is 0. The molecule has 0 aliphatic rings. The maximum atomic E-state index is 4.36. The van der Waals surface area contributed by atoms with Crippen LogP contribution in [0.4, 0.5) is 0 Å². The van der Waals surface area contributed by atoms with E-state index in [1.165, 1.54) is 5.56 Å². The number of pyridine rings is 1. The van der Waals surface area contributed by atoms with Gasteiger partial charge in [0, 0.05) is 26.3 Å². The van der Waals surface area contributed by atoms with Crippen molar-refractivity contribution < 1.29 is 20.1 Å². The largest absolute Gasteiger partial charge is 0.305 e. The molecule has 1 nitrogen and oxygen atoms in total. The second-order valence-corrected chi connectivity index (χ2v) is 5.56. The zero-order chi connectivity index (χ0) is 12.3. The van der Waals surface area contributed by atoms with Crippen LogP contribution < -0.4 is 0 Å². The van der Waals surface area contributed by atoms with Crippen molar-refractivity contribution in [3.8, 4) is 11.3 Å². The van der Waals surface area contributed by atoms with Gasteiger partial charge in [0.15, 0.2) is 0 Å². The smallest absolute Gasteiger partial charge is 0.0160 e. The van der Waals surface area contributed by atoms with E-state index in [-0.39, 0.29) is 20.1 Å². The maximum absolute atomic E-state index is 4.36. The molecule has 2 aromatic rings. The molecule has 0 saturated carbocycles. The molecule has 18 heavy (non-hydrogen) atoms. The van der Waals surface area contributed by atoms with Gasteiger partial charge in [-0.3, -0.25) is 0 Å². The van der Waals surface area contributed by atoms with Gasteiger partial charge >= 0.3 is 0 Å². The Morgan fingerprint density at radius 1 is 1.17 bits per heavy atom. The van der Waals surface area contributed by atoms with Crippen molar-refractivity contribution in [2.24, 2.45) is 5.41 Å². The van der Waals surface area contributed by atoms with E-state index in [0.717, 1.165) is 17.7 Å². The molecule has 1 aromatic heterocycles. The normalized spacial score (nSPS) is 10.8. The molecule has 2 rings (SSSR count). The first-order valence-corrected chi connectivity index (χ1v) is 5.97. The van der Waals surface area contributed by atoms with Crippen LogP contribution in [-0.4, -0.2) is 4.98 Å². The molecular formula is C16H18IrN-. The molecule has 0 N–H and O–H groups in total. The molecular weight excluding hydrogens is 398 g/mol. The Bertz CT molecular complexity index is 486. The predicted octanol–water partition coefficient (Wildman–Crippen LogP) is 4.13. The zero-order valence-electron chi connectivity index (χ0n) is 11.0. The second kappa shape index (κ2) is 6.26. The van der Waals surface area contributed by atoms with Gasteiger partial charge in [0.25, 0.3) is 0 Å². The fourth-order valence-electron chi connectivity index (χ4n) is 1.91. The number of rotatable bonds is 2. The number of hydrogen-bond donors (Lipinski definition) is 0. The van der Waals surface area contributed by atoms with Gasteiger partial charge in [-0.2, -0.15) is 0 Å². The van der Waals surface area contributed by atoms with Gasteiger partial charge < -0.3 is 4.98 Å². The molecule has 0 spiro atoms. The summed E-state index contributed by atoms with van der Waals surface area (Å²) in [5, 5.41) is 0. The third-order valence-electron chi connectivity index (χ3n) is 2.54. The minimum absolute atomic E-state index is 0. The molecule has 0 bridgehead atoms. The molecule has 1 radical (unpaired) electrons. The Hall–Kier alpha value is -0.981. The molecule has 0 amide bonds. The van der Waals surface area contributed by atoms with Crippen molar-refractivity contribution in [1.82, 2.24) is 4.98 Å². The number of benzene rings is 1. The van der Waals surface area contributed by atoms with E-state index in [4.69, 9.17) is 0 Å². The van der Waals surface area contributed by atoms with Crippen molar-refractivity contribution in [3.63, 3.8) is 0 Å². The standard InChI is InChI=1S/C16H18N.Ir/c1-16(2,3)12-13-7-6-8-14(11-13)15-9-4-5-10-17-15;/h4-7,9-11H,12H2,1-3H3;/q-1;. The van der Waals surface area contributed by atoms with Crippen molar-refractivity contribution >= 4 is 0 Å². The molecule has 1 heterocycles. The predicted molar refractivity (Wildman–Crippen MR) is 71.7 cm³/mol. The first-order chi connectivity index (χ1) is 8.04. The molecule has 0 aliphatic carbocycles. The van der Waals surface area contributed by atoms with E-state index >= 15 is 0 Å². The zero-order valence-corrected chi connectivity index (χ0v) is 13.4. The van der Waals surface area contributed by atoms with Crippen molar-refractivity contribution in [3.05, 3.63) is 54.2 Å². The Morgan fingerprint density at radius 2 is 1.94 bits per heavy atom. The van der Waals surface area contributed by atoms with Crippen LogP contribution in [0.15, 0.2) is 42.6 Å². The van der Waals surface area contributed by atoms with E-state index < -0.39 is 0 Å². The maximum Gasteiger partial charge on any atom is 0.0160 e. The fraction of sp³-hybridized carbons (Fsp3) is 0.312. The van der Waals surface area contributed by atoms with Gasteiger partial charge in [-0.25, -0.2) is 0 Å². The number of nitrogens with zero attached hydrogens (tertiary/aromatic N) is 1. The monoisotopic (exact) mass is 417 g/mol. The van der Waals surface area contributed by atoms with Gasteiger partial charge in [-0.15, -0.1) is 35.4 Å². The first kappa shape index (κ1) is 15.1. The van der Waals surface area contributed by atoms with Crippen LogP contribution in [0.5, 0.6) is 0 Å². The topological polar surface area (TPSA) is 12.9 Å². The van der Waals surface area contributed by atoms with Crippen LogP contribution in [-0.2, 0) is 26.5 Å². The van der Waals surface area contributed by atoms with Gasteiger partial charge in [-0.1, -0.05) is 32.9 Å². The van der Waals surface area contributed by atoms with Crippen LogP contribution >= 0.6 is 0 Å². The van der Waals surface area contributed by atoms with Crippen LogP contribution in [0.3, 0.4) is 0 Å². The molecule has 0 unspecified atom stereocenters. The van der Waals surface area contributed by atoms with Crippen LogP contribution in [0.2, 0.25) is 0 Å². The molecule has 0 fully saturated rings. The minimum atomic E-state index is 0. The number of aromatic nitrogens is 1. The Balaban J connectivity index is 0.00000162. The Labute approximate surface area is 123 Å². The molecule has 1 aromatic carbocycles. The summed E-state index contributed by atoms with van der Waals surface area (Å²) in [4.78, 5) is 4.36. The van der Waals surface area contributed by atoms with E-state index in [2.05, 4.69) is 44.0 Å². The first-order valence-electron chi connectivity index (χ1n) is 5.97. The van der Waals surface area contributed by atoms with Gasteiger partial charge in [0.05, 0.1) is 0 Å². The molecule has 0 saturated heterocycles. The van der Waals surface area contributed by atoms with E-state index in [1.54, 1.807) is 0 Å². The molecule has 2 heteroatoms. The fourth-order valence-corrected chi connectivity index (χ4v) is 1.91. The summed E-state index contributed by atoms with van der Waals surface area (Å²) in [6.45, 7) is 6.76. The third kappa shape index (κ3) is 4.36. The average Bonchev–Trinajstić information content (AvgIpc) is 2.28. The SMILES string of the molecule is CC(C)(C)Cc1cc[c-]c(-c2ccccn2)c1.[Ir]. The summed E-state index contributed by atoms with van der Waals surface area (Å²) in [5.41, 5.74) is 3.72. The summed E-state index contributed by atoms with van der Waals surface area (Å²) in [6, 6.07) is 15.5. The van der Waals surface area contributed by atoms with E-state index in [0.29, 0.717) is 5.41 Å². The molecule has 0 aliphatic heterocycles. The van der Waals surface area contributed by atoms with Crippen LogP contribution in [0.25, 0.3) is 11.3 Å². The van der Waals surface area contributed by atoms with Gasteiger partial charge in [-0.05, 0) is 23.6 Å². The summed E-state index contributed by atoms with van der Waals surface area (Å²) >= 11 is 0. The number of hydrogen-bond acceptors (Lipinski definition) is 1. The summed E-state index contributed by atoms with van der Waals surface area (Å²) in [5.74, 6) is 0. The minimum Gasteiger partial charge on any atom is -0.305 e. The summed E-state index contributed by atoms with van der Waals surface area (Å²) in [6.07, 6.45) is 2.89. The molecule has 0 atom stereocenters. The van der Waals surface area contributed by atoms with Crippen LogP contribution in [0, 0.1) is 11.5 Å². The van der Waals surface area contributed by atoms with Gasteiger partial charge in [0.1, 0.15) is 0 Å². The van der Waals surface area contributed by atoms with E-state index in [9.17, 15) is 0 Å². The third-order valence-corrected chi connectivity index (χ3v) is 2.54. The molecule has 97 valence electrons. The van der Waals surface area contributed by atoms with Crippen molar-refractivity contribution in [2.45, 2.75) is 27.2 Å². The average molecular weight is 417 g/mol. The van der Waals surface area contributed by atoms with Gasteiger partial charge in [0.2, 0.25) is 0 Å². The quantitative estimate of drug-likeness (QED) is 0.671. The second-order valence-electron chi connectivity index (χ2n) is 5.56. The van der Waals surface area contributed by atoms with Crippen molar-refractivity contribution in [1.29, 1.82) is 0 Å². The Morgan fingerprint density at radius 3 is 2.56 bits per heavy atom. The summed E-state index contributed by atoms with van der Waals surface area (Å²) in [7, 11) is 0. The Kier molecular flexibility index (Phi) is 5.25. The van der Waals surface area contributed by atoms with Crippen LogP contribution in [0.1, 0.15) is 26.3 Å². The van der Waals surface area contributed by atoms with Crippen molar-refractivity contribution in [2.75, 3.05) is 0 Å². The van der Waals surface area contributed by atoms with E-state index in [1.807, 2.05) is 30.5 Å².